The number of nitrogens with one attached hydrogen (secondary N) is 1. The Morgan fingerprint density at radius 2 is 1.66 bits per heavy atom. The summed E-state index contributed by atoms with van der Waals surface area (Å²) in [4.78, 5) is 38.0. The predicted octanol–water partition coefficient (Wildman–Crippen LogP) is 1.72. The maximum Gasteiger partial charge on any atom is 0.257 e. The van der Waals surface area contributed by atoms with E-state index in [0.717, 1.165) is 5.56 Å². The second-order valence-corrected chi connectivity index (χ2v) is 7.02. The molecule has 3 N–H and O–H groups in total. The van der Waals surface area contributed by atoms with Gasteiger partial charge in [0.2, 0.25) is 5.91 Å². The highest BCUT2D eigenvalue weighted by atomic mass is 16.5. The molecule has 2 aromatic rings. The average Bonchev–Trinajstić information content (AvgIpc) is 2.76. The molecule has 1 fully saturated rings. The lowest BCUT2D eigenvalue weighted by atomic mass is 9.95. The van der Waals surface area contributed by atoms with Gasteiger partial charge in [0.25, 0.3) is 11.8 Å². The first-order chi connectivity index (χ1) is 14.0. The number of ether oxygens (including phenoxy) is 1. The van der Waals surface area contributed by atoms with Gasteiger partial charge in [-0.25, -0.2) is 0 Å². The minimum Gasteiger partial charge on any atom is -0.483 e. The maximum atomic E-state index is 12.9. The van der Waals surface area contributed by atoms with Crippen LogP contribution in [0.2, 0.25) is 0 Å². The van der Waals surface area contributed by atoms with Crippen molar-refractivity contribution in [3.05, 3.63) is 65.7 Å². The van der Waals surface area contributed by atoms with Crippen molar-refractivity contribution in [2.75, 3.05) is 19.7 Å². The number of hydrogen-bond donors (Lipinski definition) is 2. The number of carbonyl (C=O) groups is 3. The van der Waals surface area contributed by atoms with Crippen LogP contribution in [0.3, 0.4) is 0 Å². The number of benzene rings is 2. The van der Waals surface area contributed by atoms with E-state index in [2.05, 4.69) is 5.32 Å². The van der Waals surface area contributed by atoms with Crippen LogP contribution in [0, 0.1) is 5.92 Å². The average molecular weight is 395 g/mol. The van der Waals surface area contributed by atoms with Gasteiger partial charge in [0, 0.05) is 25.6 Å². The first-order valence-corrected chi connectivity index (χ1v) is 9.65. The summed E-state index contributed by atoms with van der Waals surface area (Å²) in [6.45, 7) is 1.20. The van der Waals surface area contributed by atoms with Gasteiger partial charge in [0.05, 0.1) is 5.56 Å². The van der Waals surface area contributed by atoms with Gasteiger partial charge in [-0.3, -0.25) is 14.4 Å². The Morgan fingerprint density at radius 1 is 1.00 bits per heavy atom. The number of hydrogen-bond acceptors (Lipinski definition) is 4. The Morgan fingerprint density at radius 3 is 2.34 bits per heavy atom. The van der Waals surface area contributed by atoms with Crippen molar-refractivity contribution in [1.82, 2.24) is 10.2 Å². The van der Waals surface area contributed by atoms with Crippen LogP contribution >= 0.6 is 0 Å². The number of para-hydroxylation sites is 1. The van der Waals surface area contributed by atoms with Crippen molar-refractivity contribution in [3.63, 3.8) is 0 Å². The Bertz CT molecular complexity index is 861. The third-order valence-corrected chi connectivity index (χ3v) is 4.95. The fourth-order valence-electron chi connectivity index (χ4n) is 3.36. The van der Waals surface area contributed by atoms with E-state index in [-0.39, 0.29) is 24.3 Å². The molecular formula is C22H25N3O4. The third kappa shape index (κ3) is 5.57. The molecule has 152 valence electrons. The van der Waals surface area contributed by atoms with E-state index < -0.39 is 5.91 Å². The summed E-state index contributed by atoms with van der Waals surface area (Å²) in [6.07, 6.45) is 1.22. The van der Waals surface area contributed by atoms with E-state index in [4.69, 9.17) is 10.5 Å². The highest BCUT2D eigenvalue weighted by molar-refractivity contribution is 5.97. The van der Waals surface area contributed by atoms with E-state index in [9.17, 15) is 14.4 Å². The van der Waals surface area contributed by atoms with E-state index >= 15 is 0 Å². The number of carbonyl (C=O) groups excluding carboxylic acids is 3. The van der Waals surface area contributed by atoms with Crippen molar-refractivity contribution in [3.8, 4) is 5.75 Å². The molecule has 0 saturated carbocycles. The van der Waals surface area contributed by atoms with E-state index in [1.807, 2.05) is 30.3 Å². The lowest BCUT2D eigenvalue weighted by Crippen LogP contribution is -2.43. The van der Waals surface area contributed by atoms with Crippen LogP contribution < -0.4 is 15.8 Å². The maximum absolute atomic E-state index is 12.9. The molecular weight excluding hydrogens is 370 g/mol. The van der Waals surface area contributed by atoms with Gasteiger partial charge in [0.15, 0.2) is 6.61 Å². The molecule has 0 spiro atoms. The van der Waals surface area contributed by atoms with Gasteiger partial charge in [-0.15, -0.1) is 0 Å². The highest BCUT2D eigenvalue weighted by Crippen LogP contribution is 2.24. The molecule has 1 saturated heterocycles. The van der Waals surface area contributed by atoms with E-state index in [1.165, 1.54) is 0 Å². The van der Waals surface area contributed by atoms with Crippen molar-refractivity contribution in [1.29, 1.82) is 0 Å². The quantitative estimate of drug-likeness (QED) is 0.745. The summed E-state index contributed by atoms with van der Waals surface area (Å²) in [5, 5.41) is 2.97. The van der Waals surface area contributed by atoms with Crippen molar-refractivity contribution in [2.45, 2.75) is 19.4 Å². The standard InChI is InChI=1S/C22H25N3O4/c23-20(26)15-29-19-9-5-4-8-18(19)22(28)25-12-10-17(11-13-25)21(27)24-14-16-6-2-1-3-7-16/h1-9,17H,10-15H2,(H2,23,26)(H,24,27). The lowest BCUT2D eigenvalue weighted by Gasteiger charge is -2.31. The smallest absolute Gasteiger partial charge is 0.257 e. The van der Waals surface area contributed by atoms with Crippen LogP contribution in [-0.2, 0) is 16.1 Å². The first kappa shape index (κ1) is 20.4. The summed E-state index contributed by atoms with van der Waals surface area (Å²) in [7, 11) is 0. The molecule has 0 unspecified atom stereocenters. The molecule has 2 aromatic carbocycles. The number of piperidine rings is 1. The van der Waals surface area contributed by atoms with Crippen molar-refractivity contribution in [2.24, 2.45) is 11.7 Å². The van der Waals surface area contributed by atoms with Crippen molar-refractivity contribution >= 4 is 17.7 Å². The lowest BCUT2D eigenvalue weighted by molar-refractivity contribution is -0.126. The molecule has 29 heavy (non-hydrogen) atoms. The number of likely N-dealkylation sites (tertiary alicyclic amines) is 1. The fourth-order valence-corrected chi connectivity index (χ4v) is 3.36. The summed E-state index contributed by atoms with van der Waals surface area (Å²) in [5.41, 5.74) is 6.56. The molecule has 1 aliphatic heterocycles. The molecule has 0 radical (unpaired) electrons. The van der Waals surface area contributed by atoms with Crippen LogP contribution in [0.25, 0.3) is 0 Å². The Balaban J connectivity index is 1.53. The number of rotatable bonds is 7. The van der Waals surface area contributed by atoms with E-state index in [1.54, 1.807) is 29.2 Å². The second kappa shape index (κ2) is 9.73. The van der Waals surface area contributed by atoms with Gasteiger partial charge in [0.1, 0.15) is 5.75 Å². The molecule has 3 amide bonds. The SMILES string of the molecule is NC(=O)COc1ccccc1C(=O)N1CCC(C(=O)NCc2ccccc2)CC1. The van der Waals surface area contributed by atoms with Crippen LogP contribution in [0.1, 0.15) is 28.8 Å². The zero-order valence-electron chi connectivity index (χ0n) is 16.2. The first-order valence-electron chi connectivity index (χ1n) is 9.65. The Hall–Kier alpha value is -3.35. The van der Waals surface area contributed by atoms with Gasteiger partial charge >= 0.3 is 0 Å². The van der Waals surface area contributed by atoms with Gasteiger partial charge in [-0.2, -0.15) is 0 Å². The number of nitrogens with zero attached hydrogens (tertiary/aromatic N) is 1. The van der Waals surface area contributed by atoms with Crippen LogP contribution in [0.4, 0.5) is 0 Å². The normalized spacial score (nSPS) is 14.3. The molecule has 7 heteroatoms. The highest BCUT2D eigenvalue weighted by Gasteiger charge is 2.28. The Labute approximate surface area is 169 Å². The topological polar surface area (TPSA) is 102 Å². The molecule has 0 aromatic heterocycles. The Kier molecular flexibility index (Phi) is 6.84. The number of amides is 3. The molecule has 0 aliphatic carbocycles. The molecule has 0 bridgehead atoms. The minimum atomic E-state index is -0.602. The summed E-state index contributed by atoms with van der Waals surface area (Å²) >= 11 is 0. The molecule has 0 atom stereocenters. The molecule has 7 nitrogen and oxygen atoms in total. The van der Waals surface area contributed by atoms with Crippen molar-refractivity contribution < 1.29 is 19.1 Å². The van der Waals surface area contributed by atoms with E-state index in [0.29, 0.717) is 43.8 Å². The summed E-state index contributed by atoms with van der Waals surface area (Å²) in [6, 6.07) is 16.5. The molecule has 1 heterocycles. The second-order valence-electron chi connectivity index (χ2n) is 7.02. The summed E-state index contributed by atoms with van der Waals surface area (Å²) in [5.74, 6) is -0.530. The minimum absolute atomic E-state index is 0.0196. The summed E-state index contributed by atoms with van der Waals surface area (Å²) < 4.78 is 5.36. The number of primary amides is 1. The molecule has 1 aliphatic rings. The zero-order chi connectivity index (χ0) is 20.6. The van der Waals surface area contributed by atoms with Gasteiger partial charge in [-0.1, -0.05) is 42.5 Å². The zero-order valence-corrected chi connectivity index (χ0v) is 16.2. The predicted molar refractivity (Wildman–Crippen MR) is 108 cm³/mol. The van der Waals surface area contributed by atoms with Crippen LogP contribution in [-0.4, -0.2) is 42.3 Å². The number of nitrogens with two attached hydrogens (primary N) is 1. The molecule has 3 rings (SSSR count). The van der Waals surface area contributed by atoms with Crippen LogP contribution in [0.15, 0.2) is 54.6 Å². The monoisotopic (exact) mass is 395 g/mol. The third-order valence-electron chi connectivity index (χ3n) is 4.95. The van der Waals surface area contributed by atoms with Gasteiger partial charge in [-0.05, 0) is 30.5 Å². The largest absolute Gasteiger partial charge is 0.483 e. The van der Waals surface area contributed by atoms with Gasteiger partial charge < -0.3 is 20.7 Å². The fraction of sp³-hybridized carbons (Fsp3) is 0.318. The van der Waals surface area contributed by atoms with Crippen LogP contribution in [0.5, 0.6) is 5.75 Å².